The molecule has 476 valence electrons. The molecule has 83 heavy (non-hydrogen) atoms. The lowest BCUT2D eigenvalue weighted by atomic mass is 9.43. The molecule has 0 radical (unpaired) electrons. The standard InChI is InChI=1S/C71H124N4O7S/c1-7-13-19-25-31-37-43-49-61(76)69(62(77)50-44-38-32-26-20-14-8-2)71(65(80)53-47-41-35-29-23-17-11-5,74-58-56-73(57-59-74)68(82)67-72-55-60-83-67)70(63(78)51-45-39-33-27-21-15-9-3,64(79)52-46-40-34-28-22-16-10-4)75(69)66(81)54-48-42-36-30-24-18-12-6/h55,60H,7-54,56-59H2,1-6H3. The molecule has 3 heterocycles. The summed E-state index contributed by atoms with van der Waals surface area (Å²) in [4.78, 5) is 124. The zero-order chi connectivity index (χ0) is 60.4. The summed E-state index contributed by atoms with van der Waals surface area (Å²) in [6.45, 7) is 13.5. The van der Waals surface area contributed by atoms with Crippen molar-refractivity contribution in [3.05, 3.63) is 16.6 Å². The van der Waals surface area contributed by atoms with E-state index >= 15 is 28.8 Å². The number of hydrogen-bond donors (Lipinski definition) is 0. The number of unbranched alkanes of at least 4 members (excludes halogenated alkanes) is 36. The third-order valence-electron chi connectivity index (χ3n) is 18.7. The van der Waals surface area contributed by atoms with Crippen LogP contribution in [-0.2, 0) is 28.8 Å². The minimum atomic E-state index is -2.40. The molecular weight excluding hydrogens is 1050 g/mol. The molecule has 2 aliphatic heterocycles. The third-order valence-corrected chi connectivity index (χ3v) is 19.4. The van der Waals surface area contributed by atoms with Crippen LogP contribution in [0.15, 0.2) is 11.6 Å². The van der Waals surface area contributed by atoms with E-state index in [1.807, 2.05) is 4.90 Å². The maximum absolute atomic E-state index is 17.0. The van der Waals surface area contributed by atoms with Gasteiger partial charge in [-0.05, 0) is 38.5 Å². The number of piperazine rings is 1. The van der Waals surface area contributed by atoms with E-state index in [1.165, 1.54) is 16.2 Å². The zero-order valence-corrected chi connectivity index (χ0v) is 55.3. The quantitative estimate of drug-likeness (QED) is 0.0460. The van der Waals surface area contributed by atoms with Crippen LogP contribution in [0.5, 0.6) is 0 Å². The Labute approximate surface area is 512 Å². The summed E-state index contributed by atoms with van der Waals surface area (Å²) in [6, 6.07) is 0. The summed E-state index contributed by atoms with van der Waals surface area (Å²) in [5, 5.41) is 2.12. The first-order valence-corrected chi connectivity index (χ1v) is 36.3. The summed E-state index contributed by atoms with van der Waals surface area (Å²) in [5.41, 5.74) is -7.09. The first-order valence-electron chi connectivity index (χ1n) is 35.4. The lowest BCUT2D eigenvalue weighted by molar-refractivity contribution is -0.244. The Morgan fingerprint density at radius 3 is 0.904 bits per heavy atom. The maximum Gasteiger partial charge on any atom is 0.282 e. The Hall–Kier alpha value is -3.12. The molecule has 0 saturated carbocycles. The minimum Gasteiger partial charge on any atom is -0.334 e. The smallest absolute Gasteiger partial charge is 0.282 e. The van der Waals surface area contributed by atoms with Crippen molar-refractivity contribution in [2.24, 2.45) is 0 Å². The Morgan fingerprint density at radius 1 is 0.361 bits per heavy atom. The lowest BCUT2D eigenvalue weighted by Gasteiger charge is -2.75. The molecular formula is C71H124N4O7S. The van der Waals surface area contributed by atoms with Gasteiger partial charge in [-0.1, -0.05) is 273 Å². The number of carbonyl (C=O) groups excluding carboxylic acids is 7. The highest BCUT2D eigenvalue weighted by Crippen LogP contribution is 2.62. The number of thiazole rings is 1. The van der Waals surface area contributed by atoms with Crippen LogP contribution in [0.3, 0.4) is 0 Å². The number of Topliss-reactive ketones (excluding diaryl/α,β-unsaturated/α-hetero) is 5. The van der Waals surface area contributed by atoms with Crippen LogP contribution in [0.25, 0.3) is 0 Å². The van der Waals surface area contributed by atoms with E-state index in [1.54, 1.807) is 16.5 Å². The second-order valence-corrected chi connectivity index (χ2v) is 26.2. The topological polar surface area (TPSA) is 142 Å². The molecule has 0 spiro atoms. The molecule has 0 bridgehead atoms. The highest BCUT2D eigenvalue weighted by atomic mass is 32.1. The number of likely N-dealkylation sites (tertiary alicyclic amines) is 1. The molecule has 1 aromatic heterocycles. The molecule has 1 aromatic rings. The van der Waals surface area contributed by atoms with Gasteiger partial charge in [0.25, 0.3) is 5.91 Å². The summed E-state index contributed by atoms with van der Waals surface area (Å²) >= 11 is 1.27. The predicted molar refractivity (Wildman–Crippen MR) is 345 cm³/mol. The van der Waals surface area contributed by atoms with Gasteiger partial charge in [-0.15, -0.1) is 11.3 Å². The number of ketones is 5. The normalized spacial score (nSPS) is 15.6. The van der Waals surface area contributed by atoms with Gasteiger partial charge in [0.1, 0.15) is 0 Å². The van der Waals surface area contributed by atoms with E-state index < -0.39 is 51.4 Å². The second kappa shape index (κ2) is 44.3. The molecule has 2 amide bonds. The van der Waals surface area contributed by atoms with Crippen LogP contribution in [0, 0.1) is 0 Å². The van der Waals surface area contributed by atoms with E-state index in [2.05, 4.69) is 46.5 Å². The summed E-state index contributed by atoms with van der Waals surface area (Å²) in [5.74, 6) is -3.11. The number of nitrogens with zero attached hydrogens (tertiary/aromatic N) is 4. The van der Waals surface area contributed by atoms with Crippen LogP contribution in [-0.4, -0.2) is 103 Å². The fourth-order valence-corrected chi connectivity index (χ4v) is 14.6. The number of amides is 2. The van der Waals surface area contributed by atoms with Crippen LogP contribution in [0.1, 0.15) is 360 Å². The van der Waals surface area contributed by atoms with Gasteiger partial charge in [0.2, 0.25) is 5.91 Å². The van der Waals surface area contributed by atoms with Crippen molar-refractivity contribution in [3.8, 4) is 0 Å². The van der Waals surface area contributed by atoms with Crippen molar-refractivity contribution in [1.82, 2.24) is 19.7 Å². The highest BCUT2D eigenvalue weighted by Gasteiger charge is 2.92. The molecule has 11 nitrogen and oxygen atoms in total. The van der Waals surface area contributed by atoms with Crippen molar-refractivity contribution in [3.63, 3.8) is 0 Å². The Balaban J connectivity index is 2.51. The predicted octanol–water partition coefficient (Wildman–Crippen LogP) is 18.6. The number of aromatic nitrogens is 1. The van der Waals surface area contributed by atoms with Gasteiger partial charge in [-0.2, -0.15) is 0 Å². The monoisotopic (exact) mass is 1180 g/mol. The Kier molecular flexibility index (Phi) is 39.6. The van der Waals surface area contributed by atoms with Crippen LogP contribution >= 0.6 is 11.3 Å². The number of carbonyl (C=O) groups is 7. The van der Waals surface area contributed by atoms with E-state index in [4.69, 9.17) is 0 Å². The van der Waals surface area contributed by atoms with Gasteiger partial charge in [-0.3, -0.25) is 43.4 Å². The van der Waals surface area contributed by atoms with E-state index in [-0.39, 0.29) is 70.6 Å². The summed E-state index contributed by atoms with van der Waals surface area (Å²) in [7, 11) is 0. The van der Waals surface area contributed by atoms with Gasteiger partial charge in [0.15, 0.2) is 50.5 Å². The lowest BCUT2D eigenvalue weighted by Crippen LogP contribution is -3.05. The molecule has 0 N–H and O–H groups in total. The molecule has 0 aliphatic carbocycles. The van der Waals surface area contributed by atoms with Crippen LogP contribution in [0.2, 0.25) is 0 Å². The molecule has 0 atom stereocenters. The average Bonchev–Trinajstić information content (AvgIpc) is 0.996. The molecule has 0 unspecified atom stereocenters. The first kappa shape index (κ1) is 74.1. The van der Waals surface area contributed by atoms with Crippen molar-refractivity contribution in [1.29, 1.82) is 0 Å². The van der Waals surface area contributed by atoms with E-state index in [0.29, 0.717) is 43.5 Å². The van der Waals surface area contributed by atoms with Gasteiger partial charge in [0, 0.05) is 76.3 Å². The molecule has 12 heteroatoms. The fourth-order valence-electron chi connectivity index (χ4n) is 14.0. The van der Waals surface area contributed by atoms with Crippen molar-refractivity contribution >= 4 is 52.1 Å². The third kappa shape index (κ3) is 21.9. The first-order chi connectivity index (χ1) is 40.5. The Morgan fingerprint density at radius 2 is 0.627 bits per heavy atom. The fraction of sp³-hybridized carbons (Fsp3) is 0.859. The second-order valence-electron chi connectivity index (χ2n) is 25.3. The molecule has 2 fully saturated rings. The SMILES string of the molecule is CCCCCCCCCC(=O)N1C(C(=O)CCCCCCCCC)(C(=O)CCCCCCCCC)C(C(=O)CCCCCCCCC)(N2CCN(C(=O)c3nccs3)CC2)C1(C(=O)CCCCCCCCC)C(=O)CCCCCCCCC. The highest BCUT2D eigenvalue weighted by molar-refractivity contribution is 7.11. The Bertz CT molecular complexity index is 1810. The van der Waals surface area contributed by atoms with Gasteiger partial charge in [-0.25, -0.2) is 4.98 Å². The molecule has 3 rings (SSSR count). The largest absolute Gasteiger partial charge is 0.334 e. The zero-order valence-electron chi connectivity index (χ0n) is 54.5. The van der Waals surface area contributed by atoms with Gasteiger partial charge in [0.05, 0.1) is 0 Å². The van der Waals surface area contributed by atoms with Crippen molar-refractivity contribution in [2.75, 3.05) is 26.2 Å². The number of rotatable bonds is 55. The van der Waals surface area contributed by atoms with Gasteiger partial charge < -0.3 is 4.90 Å². The van der Waals surface area contributed by atoms with Crippen LogP contribution in [0.4, 0.5) is 0 Å². The summed E-state index contributed by atoms with van der Waals surface area (Å²) < 4.78 is 0. The van der Waals surface area contributed by atoms with Crippen molar-refractivity contribution < 1.29 is 33.6 Å². The number of hydrogen-bond acceptors (Lipinski definition) is 10. The van der Waals surface area contributed by atoms with E-state index in [9.17, 15) is 4.79 Å². The van der Waals surface area contributed by atoms with Crippen molar-refractivity contribution in [2.45, 2.75) is 366 Å². The van der Waals surface area contributed by atoms with Crippen LogP contribution < -0.4 is 0 Å². The minimum absolute atomic E-state index is 0.0275. The molecule has 2 saturated heterocycles. The summed E-state index contributed by atoms with van der Waals surface area (Å²) in [6.07, 6.45) is 40.6. The molecule has 0 aromatic carbocycles. The van der Waals surface area contributed by atoms with E-state index in [0.717, 1.165) is 231 Å². The van der Waals surface area contributed by atoms with Gasteiger partial charge >= 0.3 is 0 Å². The average molecular weight is 1180 g/mol. The molecule has 2 aliphatic rings. The maximum atomic E-state index is 17.0.